The van der Waals surface area contributed by atoms with Crippen molar-refractivity contribution < 1.29 is 4.57 Å². The highest BCUT2D eigenvalue weighted by atomic mass is 31.0. The largest absolute Gasteiger partial charge is 0.286 e. The summed E-state index contributed by atoms with van der Waals surface area (Å²) in [5, 5.41) is 0. The maximum absolute atomic E-state index is 2.76. The molecule has 0 spiro atoms. The van der Waals surface area contributed by atoms with Gasteiger partial charge in [-0.2, -0.15) is 0 Å². The van der Waals surface area contributed by atoms with Crippen molar-refractivity contribution >= 4 is 9.39 Å². The average Bonchev–Trinajstić information content (AvgIpc) is 2.38. The zero-order chi connectivity index (χ0) is 12.4. The van der Waals surface area contributed by atoms with Crippen LogP contribution in [0.4, 0.5) is 0 Å². The van der Waals surface area contributed by atoms with Crippen LogP contribution < -0.4 is 4.57 Å². The minimum absolute atomic E-state index is 0.717. The Balaban J connectivity index is 1.68. The summed E-state index contributed by atoms with van der Waals surface area (Å²) in [6.45, 7) is 3.27. The Labute approximate surface area is 111 Å². The smallest absolute Gasteiger partial charge is 0.173 e. The van der Waals surface area contributed by atoms with Crippen molar-refractivity contribution in [3.63, 3.8) is 0 Å². The van der Waals surface area contributed by atoms with Crippen molar-refractivity contribution in [2.24, 2.45) is 0 Å². The van der Waals surface area contributed by atoms with Gasteiger partial charge in [0, 0.05) is 36.7 Å². The third-order valence-electron chi connectivity index (χ3n) is 3.51. The fourth-order valence-electron chi connectivity index (χ4n) is 2.36. The van der Waals surface area contributed by atoms with E-state index in [0.717, 1.165) is 19.6 Å². The van der Waals surface area contributed by atoms with Crippen LogP contribution >= 0.6 is 9.39 Å². The highest BCUT2D eigenvalue weighted by Gasteiger charge is 2.25. The second-order valence-corrected chi connectivity index (χ2v) is 5.67. The van der Waals surface area contributed by atoms with Crippen LogP contribution in [0.3, 0.4) is 0 Å². The molecule has 0 N–H and O–H groups in total. The summed E-state index contributed by atoms with van der Waals surface area (Å²) < 4.78 is 4.51. The van der Waals surface area contributed by atoms with Gasteiger partial charge < -0.3 is 0 Å². The van der Waals surface area contributed by atoms with Gasteiger partial charge in [-0.05, 0) is 5.56 Å². The molecular weight excluding hydrogens is 239 g/mol. The molecule has 0 saturated carbocycles. The molecule has 2 nitrogen and oxygen atoms in total. The van der Waals surface area contributed by atoms with Crippen LogP contribution in [0.2, 0.25) is 0 Å². The first-order chi connectivity index (χ1) is 8.81. The first kappa shape index (κ1) is 11.8. The van der Waals surface area contributed by atoms with Gasteiger partial charge in [-0.3, -0.25) is 4.67 Å². The molecule has 1 aromatic heterocycles. The summed E-state index contributed by atoms with van der Waals surface area (Å²) in [7, 11) is 2.76. The van der Waals surface area contributed by atoms with Crippen LogP contribution in [0.5, 0.6) is 0 Å². The Morgan fingerprint density at radius 2 is 1.72 bits per heavy atom. The molecule has 1 atom stereocenters. The minimum atomic E-state index is 0.717. The van der Waals surface area contributed by atoms with E-state index in [1.54, 1.807) is 0 Å². The van der Waals surface area contributed by atoms with Gasteiger partial charge in [0.15, 0.2) is 18.9 Å². The van der Waals surface area contributed by atoms with E-state index in [9.17, 15) is 0 Å². The molecule has 2 heterocycles. The summed E-state index contributed by atoms with van der Waals surface area (Å²) in [6, 6.07) is 15.1. The predicted octanol–water partition coefficient (Wildman–Crippen LogP) is 2.21. The minimum Gasteiger partial charge on any atom is -0.286 e. The molecule has 1 aromatic carbocycles. The molecule has 3 rings (SSSR count). The van der Waals surface area contributed by atoms with Crippen molar-refractivity contribution in [3.8, 4) is 0 Å². The Kier molecular flexibility index (Phi) is 3.40. The summed E-state index contributed by atoms with van der Waals surface area (Å²) in [5.41, 5.74) is 2.80. The van der Waals surface area contributed by atoms with Gasteiger partial charge in [0.05, 0.1) is 0 Å². The molecule has 1 aliphatic rings. The standard InChI is InChI=1S/C15H18N2P/c18-17-11-15(12-17)14-6-8-16(9-7-14)10-13-4-2-1-3-5-13/h1-9,15H,10-12,18H2/q+1. The lowest BCUT2D eigenvalue weighted by molar-refractivity contribution is -0.688. The van der Waals surface area contributed by atoms with E-state index in [0.29, 0.717) is 5.92 Å². The van der Waals surface area contributed by atoms with E-state index in [-0.39, 0.29) is 0 Å². The molecule has 18 heavy (non-hydrogen) atoms. The summed E-state index contributed by atoms with van der Waals surface area (Å²) >= 11 is 0. The van der Waals surface area contributed by atoms with Crippen LogP contribution in [0.1, 0.15) is 17.0 Å². The lowest BCUT2D eigenvalue weighted by atomic mass is 9.95. The fraction of sp³-hybridized carbons (Fsp3) is 0.267. The van der Waals surface area contributed by atoms with Crippen LogP contribution in [-0.2, 0) is 6.54 Å². The van der Waals surface area contributed by atoms with Crippen LogP contribution in [-0.4, -0.2) is 17.8 Å². The van der Waals surface area contributed by atoms with Gasteiger partial charge in [-0.25, -0.2) is 4.57 Å². The Morgan fingerprint density at radius 1 is 1.06 bits per heavy atom. The number of benzene rings is 1. The van der Waals surface area contributed by atoms with E-state index >= 15 is 0 Å². The van der Waals surface area contributed by atoms with Crippen LogP contribution in [0, 0.1) is 0 Å². The van der Waals surface area contributed by atoms with Gasteiger partial charge in [-0.1, -0.05) is 39.7 Å². The van der Waals surface area contributed by atoms with Gasteiger partial charge in [0.1, 0.15) is 0 Å². The lowest BCUT2D eigenvalue weighted by Gasteiger charge is -2.35. The molecule has 1 saturated heterocycles. The zero-order valence-electron chi connectivity index (χ0n) is 10.4. The predicted molar refractivity (Wildman–Crippen MR) is 76.2 cm³/mol. The van der Waals surface area contributed by atoms with E-state index in [2.05, 4.69) is 73.5 Å². The molecule has 92 valence electrons. The second-order valence-electron chi connectivity index (χ2n) is 4.94. The maximum Gasteiger partial charge on any atom is 0.173 e. The van der Waals surface area contributed by atoms with E-state index in [1.807, 2.05) is 0 Å². The first-order valence-electron chi connectivity index (χ1n) is 6.34. The van der Waals surface area contributed by atoms with Crippen molar-refractivity contribution in [2.45, 2.75) is 12.5 Å². The van der Waals surface area contributed by atoms with Gasteiger partial charge in [-0.15, -0.1) is 0 Å². The quantitative estimate of drug-likeness (QED) is 0.604. The number of hydrogen-bond donors (Lipinski definition) is 0. The normalized spacial score (nSPS) is 16.5. The zero-order valence-corrected chi connectivity index (χ0v) is 11.5. The topological polar surface area (TPSA) is 7.12 Å². The Hall–Kier alpha value is -1.24. The third kappa shape index (κ3) is 2.60. The second kappa shape index (κ2) is 5.17. The molecule has 0 aliphatic carbocycles. The van der Waals surface area contributed by atoms with E-state index in [4.69, 9.17) is 0 Å². The number of pyridine rings is 1. The lowest BCUT2D eigenvalue weighted by Crippen LogP contribution is -2.39. The molecule has 0 amide bonds. The maximum atomic E-state index is 2.76. The molecular formula is C15H18N2P+. The SMILES string of the molecule is PN1CC(c2cc[n+](Cc3ccccc3)cc2)C1. The molecule has 2 aromatic rings. The Bertz CT molecular complexity index is 504. The molecule has 3 heteroatoms. The number of aromatic nitrogens is 1. The van der Waals surface area contributed by atoms with Crippen LogP contribution in [0.15, 0.2) is 54.9 Å². The van der Waals surface area contributed by atoms with Crippen molar-refractivity contribution in [2.75, 3.05) is 13.1 Å². The van der Waals surface area contributed by atoms with Crippen molar-refractivity contribution in [3.05, 3.63) is 66.0 Å². The van der Waals surface area contributed by atoms with Gasteiger partial charge in [0.25, 0.3) is 0 Å². The van der Waals surface area contributed by atoms with E-state index in [1.165, 1.54) is 11.1 Å². The van der Waals surface area contributed by atoms with Gasteiger partial charge >= 0.3 is 0 Å². The van der Waals surface area contributed by atoms with Crippen molar-refractivity contribution in [1.82, 2.24) is 4.67 Å². The molecule has 1 unspecified atom stereocenters. The average molecular weight is 257 g/mol. The Morgan fingerprint density at radius 3 is 2.33 bits per heavy atom. The molecule has 1 fully saturated rings. The first-order valence-corrected chi connectivity index (χ1v) is 6.85. The van der Waals surface area contributed by atoms with Crippen molar-refractivity contribution in [1.29, 1.82) is 0 Å². The summed E-state index contributed by atoms with van der Waals surface area (Å²) in [4.78, 5) is 0. The summed E-state index contributed by atoms with van der Waals surface area (Å²) in [5.74, 6) is 0.717. The van der Waals surface area contributed by atoms with Crippen LogP contribution in [0.25, 0.3) is 0 Å². The highest BCUT2D eigenvalue weighted by Crippen LogP contribution is 2.28. The molecule has 1 aliphatic heterocycles. The number of hydrogen-bond acceptors (Lipinski definition) is 1. The fourth-order valence-corrected chi connectivity index (χ4v) is 2.87. The molecule has 0 radical (unpaired) electrons. The van der Waals surface area contributed by atoms with E-state index < -0.39 is 0 Å². The molecule has 0 bridgehead atoms. The number of nitrogens with zero attached hydrogens (tertiary/aromatic N) is 2. The summed E-state index contributed by atoms with van der Waals surface area (Å²) in [6.07, 6.45) is 4.38. The van der Waals surface area contributed by atoms with Gasteiger partial charge in [0.2, 0.25) is 0 Å². The highest BCUT2D eigenvalue weighted by molar-refractivity contribution is 7.13. The number of rotatable bonds is 3. The monoisotopic (exact) mass is 257 g/mol. The third-order valence-corrected chi connectivity index (χ3v) is 3.93.